The minimum absolute atomic E-state index is 0.339. The Morgan fingerprint density at radius 1 is 1.17 bits per heavy atom. The molecule has 0 radical (unpaired) electrons. The van der Waals surface area contributed by atoms with E-state index >= 15 is 0 Å². The highest BCUT2D eigenvalue weighted by atomic mass is 19.1. The van der Waals surface area contributed by atoms with E-state index in [0.29, 0.717) is 24.3 Å². The van der Waals surface area contributed by atoms with E-state index in [9.17, 15) is 8.78 Å². The van der Waals surface area contributed by atoms with Gasteiger partial charge in [-0.05, 0) is 68.5 Å². The summed E-state index contributed by atoms with van der Waals surface area (Å²) < 4.78 is 29.2. The third-order valence-electron chi connectivity index (χ3n) is 4.84. The minimum atomic E-state index is -0.387. The highest BCUT2D eigenvalue weighted by molar-refractivity contribution is 5.21. The summed E-state index contributed by atoms with van der Waals surface area (Å²) in [6.07, 6.45) is 6.29. The van der Waals surface area contributed by atoms with E-state index in [-0.39, 0.29) is 11.6 Å². The van der Waals surface area contributed by atoms with Gasteiger partial charge in [0.1, 0.15) is 11.6 Å². The van der Waals surface area contributed by atoms with Crippen LogP contribution in [0.2, 0.25) is 0 Å². The van der Waals surface area contributed by atoms with Crippen molar-refractivity contribution >= 4 is 0 Å². The SMILES string of the molecule is CNCc1cc(CCc2cc(F)ccc2F)n(CC2CCCC2)n1. The van der Waals surface area contributed by atoms with Crippen LogP contribution < -0.4 is 5.32 Å². The van der Waals surface area contributed by atoms with Crippen LogP contribution in [0, 0.1) is 17.6 Å². The zero-order valence-electron chi connectivity index (χ0n) is 14.2. The average Bonchev–Trinajstić information content (AvgIpc) is 3.19. The lowest BCUT2D eigenvalue weighted by molar-refractivity contribution is 0.416. The van der Waals surface area contributed by atoms with E-state index in [4.69, 9.17) is 5.10 Å². The maximum absolute atomic E-state index is 13.8. The number of rotatable bonds is 7. The molecule has 5 heteroatoms. The Kier molecular flexibility index (Phi) is 5.61. The molecule has 1 fully saturated rings. The van der Waals surface area contributed by atoms with Crippen molar-refractivity contribution in [1.29, 1.82) is 0 Å². The van der Waals surface area contributed by atoms with Crippen LogP contribution in [0.3, 0.4) is 0 Å². The number of nitrogens with zero attached hydrogens (tertiary/aromatic N) is 2. The first-order chi connectivity index (χ1) is 11.7. The molecule has 2 aromatic rings. The normalized spacial score (nSPS) is 15.3. The summed E-state index contributed by atoms with van der Waals surface area (Å²) in [7, 11) is 1.90. The smallest absolute Gasteiger partial charge is 0.126 e. The molecule has 1 N–H and O–H groups in total. The van der Waals surface area contributed by atoms with Gasteiger partial charge in [-0.25, -0.2) is 8.78 Å². The van der Waals surface area contributed by atoms with Gasteiger partial charge in [-0.2, -0.15) is 5.10 Å². The van der Waals surface area contributed by atoms with Gasteiger partial charge in [0.25, 0.3) is 0 Å². The molecule has 1 aromatic heterocycles. The predicted molar refractivity (Wildman–Crippen MR) is 90.7 cm³/mol. The molecule has 0 saturated heterocycles. The molecule has 3 nitrogen and oxygen atoms in total. The van der Waals surface area contributed by atoms with Gasteiger partial charge in [-0.1, -0.05) is 12.8 Å². The van der Waals surface area contributed by atoms with Crippen molar-refractivity contribution in [3.8, 4) is 0 Å². The summed E-state index contributed by atoms with van der Waals surface area (Å²) in [5.41, 5.74) is 2.54. The fourth-order valence-corrected chi connectivity index (χ4v) is 3.58. The minimum Gasteiger partial charge on any atom is -0.314 e. The fourth-order valence-electron chi connectivity index (χ4n) is 3.58. The summed E-state index contributed by atoms with van der Waals surface area (Å²) >= 11 is 0. The van der Waals surface area contributed by atoms with E-state index in [2.05, 4.69) is 16.1 Å². The first-order valence-electron chi connectivity index (χ1n) is 8.80. The molecule has 0 amide bonds. The van der Waals surface area contributed by atoms with Gasteiger partial charge < -0.3 is 5.32 Å². The summed E-state index contributed by atoms with van der Waals surface area (Å²) in [5, 5.41) is 7.83. The zero-order chi connectivity index (χ0) is 16.9. The van der Waals surface area contributed by atoms with Crippen LogP contribution in [-0.4, -0.2) is 16.8 Å². The van der Waals surface area contributed by atoms with E-state index in [1.807, 2.05) is 7.05 Å². The lowest BCUT2D eigenvalue weighted by Gasteiger charge is -2.12. The van der Waals surface area contributed by atoms with Crippen LogP contribution in [0.4, 0.5) is 8.78 Å². The van der Waals surface area contributed by atoms with Crippen LogP contribution in [-0.2, 0) is 25.9 Å². The standard InChI is InChI=1S/C19H25F2N3/c1-22-12-17-11-18(24(23-17)13-14-4-2-3-5-14)8-6-15-10-16(20)7-9-19(15)21/h7,9-11,14,22H,2-6,8,12-13H2,1H3. The highest BCUT2D eigenvalue weighted by Gasteiger charge is 2.18. The molecule has 130 valence electrons. The third kappa shape index (κ3) is 4.20. The lowest BCUT2D eigenvalue weighted by Crippen LogP contribution is -2.13. The fraction of sp³-hybridized carbons (Fsp3) is 0.526. The monoisotopic (exact) mass is 333 g/mol. The third-order valence-corrected chi connectivity index (χ3v) is 4.84. The van der Waals surface area contributed by atoms with E-state index in [1.54, 1.807) is 0 Å². The van der Waals surface area contributed by atoms with Crippen molar-refractivity contribution in [2.24, 2.45) is 5.92 Å². The van der Waals surface area contributed by atoms with Crippen molar-refractivity contribution < 1.29 is 8.78 Å². The van der Waals surface area contributed by atoms with Crippen molar-refractivity contribution in [2.75, 3.05) is 7.05 Å². The number of hydrogen-bond acceptors (Lipinski definition) is 2. The molecule has 1 saturated carbocycles. The Morgan fingerprint density at radius 3 is 2.71 bits per heavy atom. The van der Waals surface area contributed by atoms with Gasteiger partial charge in [-0.3, -0.25) is 4.68 Å². The second kappa shape index (κ2) is 7.88. The lowest BCUT2D eigenvalue weighted by atomic mass is 10.1. The molecule has 24 heavy (non-hydrogen) atoms. The molecule has 0 spiro atoms. The van der Waals surface area contributed by atoms with Crippen LogP contribution in [0.15, 0.2) is 24.3 Å². The largest absolute Gasteiger partial charge is 0.314 e. The zero-order valence-corrected chi connectivity index (χ0v) is 14.2. The van der Waals surface area contributed by atoms with Gasteiger partial charge in [0.05, 0.1) is 5.69 Å². The molecule has 0 atom stereocenters. The number of aromatic nitrogens is 2. The molecule has 0 bridgehead atoms. The summed E-state index contributed by atoms with van der Waals surface area (Å²) in [6, 6.07) is 5.74. The topological polar surface area (TPSA) is 29.9 Å². The molecule has 1 aliphatic rings. The number of benzene rings is 1. The molecule has 1 heterocycles. The van der Waals surface area contributed by atoms with Crippen molar-refractivity contribution in [1.82, 2.24) is 15.1 Å². The van der Waals surface area contributed by atoms with Gasteiger partial charge in [-0.15, -0.1) is 0 Å². The Morgan fingerprint density at radius 2 is 1.96 bits per heavy atom. The Hall–Kier alpha value is -1.75. The Labute approximate surface area is 142 Å². The van der Waals surface area contributed by atoms with Gasteiger partial charge >= 0.3 is 0 Å². The molecule has 1 aliphatic carbocycles. The molecule has 0 unspecified atom stereocenters. The number of halogens is 2. The number of aryl methyl sites for hydroxylation is 2. The molecular weight excluding hydrogens is 308 g/mol. The number of nitrogens with one attached hydrogen (secondary N) is 1. The van der Waals surface area contributed by atoms with Crippen LogP contribution >= 0.6 is 0 Å². The van der Waals surface area contributed by atoms with E-state index in [0.717, 1.165) is 30.5 Å². The van der Waals surface area contributed by atoms with Crippen LogP contribution in [0.25, 0.3) is 0 Å². The Balaban J connectivity index is 1.73. The molecule has 0 aliphatic heterocycles. The number of hydrogen-bond donors (Lipinski definition) is 1. The molecular formula is C19H25F2N3. The van der Waals surface area contributed by atoms with Crippen LogP contribution in [0.1, 0.15) is 42.6 Å². The second-order valence-corrected chi connectivity index (χ2v) is 6.73. The van der Waals surface area contributed by atoms with E-state index < -0.39 is 0 Å². The van der Waals surface area contributed by atoms with Crippen molar-refractivity contribution in [2.45, 2.75) is 51.6 Å². The maximum atomic E-state index is 13.8. The molecule has 3 rings (SSSR count). The summed E-state index contributed by atoms with van der Waals surface area (Å²) in [6.45, 7) is 1.66. The maximum Gasteiger partial charge on any atom is 0.126 e. The van der Waals surface area contributed by atoms with Gasteiger partial charge in [0.15, 0.2) is 0 Å². The van der Waals surface area contributed by atoms with Gasteiger partial charge in [0.2, 0.25) is 0 Å². The molecule has 1 aromatic carbocycles. The highest BCUT2D eigenvalue weighted by Crippen LogP contribution is 2.27. The second-order valence-electron chi connectivity index (χ2n) is 6.73. The van der Waals surface area contributed by atoms with E-state index in [1.165, 1.54) is 37.8 Å². The van der Waals surface area contributed by atoms with Gasteiger partial charge in [0, 0.05) is 18.8 Å². The summed E-state index contributed by atoms with van der Waals surface area (Å²) in [5.74, 6) is -0.0348. The van der Waals surface area contributed by atoms with Crippen molar-refractivity contribution in [3.63, 3.8) is 0 Å². The quantitative estimate of drug-likeness (QED) is 0.834. The first kappa shape index (κ1) is 17.1. The summed E-state index contributed by atoms with van der Waals surface area (Å²) in [4.78, 5) is 0. The average molecular weight is 333 g/mol. The Bertz CT molecular complexity index is 675. The predicted octanol–water partition coefficient (Wildman–Crippen LogP) is 3.86. The van der Waals surface area contributed by atoms with Crippen molar-refractivity contribution in [3.05, 3.63) is 52.9 Å². The first-order valence-corrected chi connectivity index (χ1v) is 8.80. The van der Waals surface area contributed by atoms with Crippen LogP contribution in [0.5, 0.6) is 0 Å².